The molecule has 2 N–H and O–H groups in total. The summed E-state index contributed by atoms with van der Waals surface area (Å²) in [5.74, 6) is -0.313. The van der Waals surface area contributed by atoms with Crippen LogP contribution in [-0.2, 0) is 4.74 Å². The van der Waals surface area contributed by atoms with Crippen LogP contribution >= 0.6 is 0 Å². The lowest BCUT2D eigenvalue weighted by Crippen LogP contribution is -2.10. The number of benzene rings is 1. The second-order valence-corrected chi connectivity index (χ2v) is 4.59. The largest absolute Gasteiger partial charge is 0.462 e. The summed E-state index contributed by atoms with van der Waals surface area (Å²) in [6, 6.07) is 5.42. The number of rotatable bonds is 7. The molecular formula is C15H23NO2. The highest BCUT2D eigenvalue weighted by Crippen LogP contribution is 2.17. The van der Waals surface area contributed by atoms with E-state index in [1.807, 2.05) is 19.1 Å². The Morgan fingerprint density at radius 1 is 1.22 bits per heavy atom. The fraction of sp³-hybridized carbons (Fsp3) is 0.533. The molecule has 0 aromatic heterocycles. The van der Waals surface area contributed by atoms with Crippen LogP contribution < -0.4 is 5.73 Å². The van der Waals surface area contributed by atoms with Crippen LogP contribution in [-0.4, -0.2) is 12.6 Å². The van der Waals surface area contributed by atoms with Crippen LogP contribution in [0, 0.1) is 6.92 Å². The van der Waals surface area contributed by atoms with Gasteiger partial charge in [0.1, 0.15) is 0 Å². The first-order valence-electron chi connectivity index (χ1n) is 6.69. The second kappa shape index (κ2) is 7.75. The smallest absolute Gasteiger partial charge is 0.340 e. The van der Waals surface area contributed by atoms with Gasteiger partial charge in [-0.3, -0.25) is 0 Å². The van der Waals surface area contributed by atoms with Gasteiger partial charge in [0.05, 0.1) is 12.2 Å². The van der Waals surface area contributed by atoms with Crippen molar-refractivity contribution in [3.8, 4) is 0 Å². The van der Waals surface area contributed by atoms with E-state index in [0.717, 1.165) is 18.4 Å². The quantitative estimate of drug-likeness (QED) is 0.455. The predicted molar refractivity (Wildman–Crippen MR) is 74.6 cm³/mol. The van der Waals surface area contributed by atoms with Crippen LogP contribution in [0.5, 0.6) is 0 Å². The number of hydrogen-bond donors (Lipinski definition) is 1. The number of esters is 1. The number of carbonyl (C=O) groups is 1. The minimum absolute atomic E-state index is 0.313. The highest BCUT2D eigenvalue weighted by molar-refractivity contribution is 5.95. The van der Waals surface area contributed by atoms with E-state index in [4.69, 9.17) is 10.5 Å². The molecule has 0 amide bonds. The molecule has 3 nitrogen and oxygen atoms in total. The van der Waals surface area contributed by atoms with E-state index in [0.29, 0.717) is 17.9 Å². The van der Waals surface area contributed by atoms with Gasteiger partial charge in [0.2, 0.25) is 0 Å². The number of carbonyl (C=O) groups excluding carboxylic acids is 1. The summed E-state index contributed by atoms with van der Waals surface area (Å²) in [6.07, 6.45) is 5.72. The van der Waals surface area contributed by atoms with Gasteiger partial charge in [-0.2, -0.15) is 0 Å². The maximum Gasteiger partial charge on any atom is 0.340 e. The predicted octanol–water partition coefficient (Wildman–Crippen LogP) is 3.70. The van der Waals surface area contributed by atoms with Crippen LogP contribution in [0.25, 0.3) is 0 Å². The highest BCUT2D eigenvalue weighted by atomic mass is 16.5. The summed E-state index contributed by atoms with van der Waals surface area (Å²) in [6.45, 7) is 4.55. The molecule has 3 heteroatoms. The van der Waals surface area contributed by atoms with Gasteiger partial charge in [0, 0.05) is 5.69 Å². The summed E-state index contributed by atoms with van der Waals surface area (Å²) in [7, 11) is 0. The summed E-state index contributed by atoms with van der Waals surface area (Å²) < 4.78 is 5.23. The Hall–Kier alpha value is -1.51. The van der Waals surface area contributed by atoms with Gasteiger partial charge in [0.25, 0.3) is 0 Å². The molecule has 0 aliphatic carbocycles. The minimum atomic E-state index is -0.313. The fourth-order valence-electron chi connectivity index (χ4n) is 1.81. The first kappa shape index (κ1) is 14.6. The van der Waals surface area contributed by atoms with Crippen LogP contribution in [0.1, 0.15) is 54.9 Å². The molecule has 0 aliphatic rings. The Bertz CT molecular complexity index is 388. The molecule has 0 fully saturated rings. The van der Waals surface area contributed by atoms with E-state index >= 15 is 0 Å². The number of nitrogens with two attached hydrogens (primary N) is 1. The number of aryl methyl sites for hydroxylation is 1. The van der Waals surface area contributed by atoms with Crippen molar-refractivity contribution in [3.05, 3.63) is 29.3 Å². The maximum absolute atomic E-state index is 11.8. The number of nitrogen functional groups attached to an aromatic ring is 1. The lowest BCUT2D eigenvalue weighted by molar-refractivity contribution is 0.0499. The molecular weight excluding hydrogens is 226 g/mol. The van der Waals surface area contributed by atoms with E-state index in [-0.39, 0.29) is 5.97 Å². The van der Waals surface area contributed by atoms with Gasteiger partial charge < -0.3 is 10.5 Å². The minimum Gasteiger partial charge on any atom is -0.462 e. The molecule has 0 spiro atoms. The lowest BCUT2D eigenvalue weighted by atomic mass is 10.1. The first-order valence-corrected chi connectivity index (χ1v) is 6.69. The van der Waals surface area contributed by atoms with E-state index in [1.165, 1.54) is 19.3 Å². The van der Waals surface area contributed by atoms with Crippen LogP contribution in [0.15, 0.2) is 18.2 Å². The summed E-state index contributed by atoms with van der Waals surface area (Å²) >= 11 is 0. The zero-order valence-electron chi connectivity index (χ0n) is 11.4. The Labute approximate surface area is 109 Å². The standard InChI is InChI=1S/C15H23NO2/c1-3-4-5-6-7-11-18-15(17)13-10-8-9-12(2)14(13)16/h8-10H,3-7,11,16H2,1-2H3. The fourth-order valence-corrected chi connectivity index (χ4v) is 1.81. The third kappa shape index (κ3) is 4.40. The highest BCUT2D eigenvalue weighted by Gasteiger charge is 2.11. The molecule has 0 unspecified atom stereocenters. The molecule has 18 heavy (non-hydrogen) atoms. The van der Waals surface area contributed by atoms with Gasteiger partial charge in [-0.05, 0) is 25.0 Å². The Morgan fingerprint density at radius 2 is 1.94 bits per heavy atom. The molecule has 1 aromatic rings. The molecule has 0 saturated heterocycles. The van der Waals surface area contributed by atoms with Crippen molar-refractivity contribution in [1.29, 1.82) is 0 Å². The van der Waals surface area contributed by atoms with E-state index in [1.54, 1.807) is 6.07 Å². The molecule has 100 valence electrons. The van der Waals surface area contributed by atoms with Gasteiger partial charge in [0.15, 0.2) is 0 Å². The molecule has 0 radical (unpaired) electrons. The second-order valence-electron chi connectivity index (χ2n) is 4.59. The normalized spacial score (nSPS) is 10.3. The Kier molecular flexibility index (Phi) is 6.26. The van der Waals surface area contributed by atoms with E-state index in [2.05, 4.69) is 6.92 Å². The molecule has 1 rings (SSSR count). The number of hydrogen-bond acceptors (Lipinski definition) is 3. The first-order chi connectivity index (χ1) is 8.66. The molecule has 0 aliphatic heterocycles. The molecule has 0 bridgehead atoms. The lowest BCUT2D eigenvalue weighted by Gasteiger charge is -2.08. The molecule has 0 saturated carbocycles. The third-order valence-corrected chi connectivity index (χ3v) is 3.03. The Balaban J connectivity index is 2.35. The molecule has 1 aromatic carbocycles. The number of unbranched alkanes of at least 4 members (excludes halogenated alkanes) is 4. The van der Waals surface area contributed by atoms with Crippen LogP contribution in [0.3, 0.4) is 0 Å². The van der Waals surface area contributed by atoms with Crippen LogP contribution in [0.2, 0.25) is 0 Å². The average molecular weight is 249 g/mol. The van der Waals surface area contributed by atoms with Gasteiger partial charge in [-0.25, -0.2) is 4.79 Å². The summed E-state index contributed by atoms with van der Waals surface area (Å²) in [5, 5.41) is 0. The topological polar surface area (TPSA) is 52.3 Å². The molecule has 0 atom stereocenters. The summed E-state index contributed by atoms with van der Waals surface area (Å²) in [5.41, 5.74) is 7.76. The number of anilines is 1. The summed E-state index contributed by atoms with van der Waals surface area (Å²) in [4.78, 5) is 11.8. The zero-order valence-corrected chi connectivity index (χ0v) is 11.4. The van der Waals surface area contributed by atoms with Gasteiger partial charge in [-0.1, -0.05) is 44.7 Å². The number of para-hydroxylation sites is 1. The third-order valence-electron chi connectivity index (χ3n) is 3.03. The number of ether oxygens (including phenoxy) is 1. The van der Waals surface area contributed by atoms with Crippen molar-refractivity contribution in [3.63, 3.8) is 0 Å². The van der Waals surface area contributed by atoms with Crippen molar-refractivity contribution in [2.24, 2.45) is 0 Å². The SMILES string of the molecule is CCCCCCCOC(=O)c1cccc(C)c1N. The maximum atomic E-state index is 11.8. The monoisotopic (exact) mass is 249 g/mol. The molecule has 0 heterocycles. The Morgan fingerprint density at radius 3 is 2.67 bits per heavy atom. The van der Waals surface area contributed by atoms with Crippen LogP contribution in [0.4, 0.5) is 5.69 Å². The van der Waals surface area contributed by atoms with Crippen molar-refractivity contribution in [2.45, 2.75) is 46.0 Å². The van der Waals surface area contributed by atoms with Gasteiger partial charge in [-0.15, -0.1) is 0 Å². The van der Waals surface area contributed by atoms with Gasteiger partial charge >= 0.3 is 5.97 Å². The van der Waals surface area contributed by atoms with Crippen molar-refractivity contribution in [2.75, 3.05) is 12.3 Å². The zero-order chi connectivity index (χ0) is 13.4. The van der Waals surface area contributed by atoms with E-state index in [9.17, 15) is 4.79 Å². The average Bonchev–Trinajstić information content (AvgIpc) is 2.36. The van der Waals surface area contributed by atoms with Crippen molar-refractivity contribution < 1.29 is 9.53 Å². The van der Waals surface area contributed by atoms with Crippen molar-refractivity contribution >= 4 is 11.7 Å². The van der Waals surface area contributed by atoms with Crippen molar-refractivity contribution in [1.82, 2.24) is 0 Å². The van der Waals surface area contributed by atoms with E-state index < -0.39 is 0 Å².